The van der Waals surface area contributed by atoms with Crippen LogP contribution < -0.4 is 11.3 Å². The minimum atomic E-state index is -1.06. The van der Waals surface area contributed by atoms with Crippen LogP contribution in [0.5, 0.6) is 0 Å². The molecular formula is C14H7ClN2O4. The van der Waals surface area contributed by atoms with Gasteiger partial charge in [0.1, 0.15) is 0 Å². The molecule has 21 heavy (non-hydrogen) atoms. The largest absolute Gasteiger partial charge is 0.429 e. The molecule has 0 amide bonds. The minimum absolute atomic E-state index is 0.0349. The topological polar surface area (TPSA) is 82.2 Å². The van der Waals surface area contributed by atoms with E-state index >= 15 is 0 Å². The standard InChI is InChI=1S/C14H7ClN2O4/c15-9-3-1-8(2-4-9)12(18)17-13(19)10-5-6-16-7-11(10)21-14(17)20/h1-7H. The minimum Gasteiger partial charge on any atom is -0.407 e. The van der Waals surface area contributed by atoms with Crippen LogP contribution in [0.25, 0.3) is 11.0 Å². The van der Waals surface area contributed by atoms with Crippen molar-refractivity contribution >= 4 is 28.5 Å². The molecule has 0 radical (unpaired) electrons. The number of hydrogen-bond acceptors (Lipinski definition) is 5. The van der Waals surface area contributed by atoms with Gasteiger partial charge in [-0.1, -0.05) is 11.6 Å². The van der Waals surface area contributed by atoms with Crippen molar-refractivity contribution in [1.29, 1.82) is 0 Å². The normalized spacial score (nSPS) is 10.7. The third-order valence-corrected chi connectivity index (χ3v) is 3.14. The number of rotatable bonds is 1. The van der Waals surface area contributed by atoms with E-state index in [-0.39, 0.29) is 16.5 Å². The summed E-state index contributed by atoms with van der Waals surface area (Å²) >= 11 is 5.74. The summed E-state index contributed by atoms with van der Waals surface area (Å²) in [5.74, 6) is -1.83. The first-order valence-electron chi connectivity index (χ1n) is 5.88. The van der Waals surface area contributed by atoms with Crippen LogP contribution in [0.2, 0.25) is 5.02 Å². The van der Waals surface area contributed by atoms with E-state index in [1.165, 1.54) is 42.7 Å². The quantitative estimate of drug-likeness (QED) is 0.683. The van der Waals surface area contributed by atoms with Gasteiger partial charge in [0, 0.05) is 16.8 Å². The molecule has 2 aromatic heterocycles. The fourth-order valence-electron chi connectivity index (χ4n) is 1.88. The van der Waals surface area contributed by atoms with Gasteiger partial charge in [-0.15, -0.1) is 0 Å². The molecule has 0 fully saturated rings. The van der Waals surface area contributed by atoms with Gasteiger partial charge in [0.25, 0.3) is 11.5 Å². The van der Waals surface area contributed by atoms with E-state index in [1.807, 2.05) is 0 Å². The molecule has 104 valence electrons. The Hall–Kier alpha value is -2.73. The van der Waals surface area contributed by atoms with Crippen LogP contribution in [0.15, 0.2) is 56.7 Å². The number of benzene rings is 1. The molecule has 1 aromatic carbocycles. The molecule has 6 nitrogen and oxygen atoms in total. The molecule has 0 aliphatic rings. The number of pyridine rings is 1. The number of halogens is 1. The van der Waals surface area contributed by atoms with E-state index in [9.17, 15) is 14.4 Å². The molecular weight excluding hydrogens is 296 g/mol. The Morgan fingerprint density at radius 2 is 1.86 bits per heavy atom. The second-order valence-electron chi connectivity index (χ2n) is 4.19. The third-order valence-electron chi connectivity index (χ3n) is 2.89. The van der Waals surface area contributed by atoms with Gasteiger partial charge in [-0.05, 0) is 30.3 Å². The Kier molecular flexibility index (Phi) is 3.15. The maximum atomic E-state index is 12.3. The monoisotopic (exact) mass is 302 g/mol. The van der Waals surface area contributed by atoms with Crippen molar-refractivity contribution in [3.63, 3.8) is 0 Å². The maximum Gasteiger partial charge on any atom is 0.429 e. The fourth-order valence-corrected chi connectivity index (χ4v) is 2.00. The van der Waals surface area contributed by atoms with Gasteiger partial charge in [0.2, 0.25) is 0 Å². The first kappa shape index (κ1) is 13.3. The predicted octanol–water partition coefficient (Wildman–Crippen LogP) is 1.69. The van der Waals surface area contributed by atoms with Crippen molar-refractivity contribution in [2.45, 2.75) is 0 Å². The summed E-state index contributed by atoms with van der Waals surface area (Å²) in [5, 5.41) is 0.544. The zero-order valence-corrected chi connectivity index (χ0v) is 11.2. The number of carbonyl (C=O) groups is 1. The number of nitrogens with zero attached hydrogens (tertiary/aromatic N) is 2. The summed E-state index contributed by atoms with van der Waals surface area (Å²) < 4.78 is 5.39. The van der Waals surface area contributed by atoms with Gasteiger partial charge in [0.05, 0.1) is 11.6 Å². The van der Waals surface area contributed by atoms with Crippen molar-refractivity contribution in [2.24, 2.45) is 0 Å². The summed E-state index contributed by atoms with van der Waals surface area (Å²) in [6, 6.07) is 7.21. The molecule has 3 aromatic rings. The average Bonchev–Trinajstić information content (AvgIpc) is 2.48. The van der Waals surface area contributed by atoms with E-state index in [2.05, 4.69) is 4.98 Å². The number of aromatic nitrogens is 2. The van der Waals surface area contributed by atoms with E-state index in [1.54, 1.807) is 0 Å². The molecule has 0 unspecified atom stereocenters. The molecule has 0 saturated carbocycles. The van der Waals surface area contributed by atoms with Crippen molar-refractivity contribution in [3.8, 4) is 0 Å². The van der Waals surface area contributed by atoms with Crippen molar-refractivity contribution in [2.75, 3.05) is 0 Å². The second-order valence-corrected chi connectivity index (χ2v) is 4.63. The summed E-state index contributed by atoms with van der Waals surface area (Å²) in [4.78, 5) is 40.2. The number of fused-ring (bicyclic) bond motifs is 1. The lowest BCUT2D eigenvalue weighted by Gasteiger charge is -2.04. The van der Waals surface area contributed by atoms with Crippen LogP contribution in [0.1, 0.15) is 10.4 Å². The molecule has 0 spiro atoms. The van der Waals surface area contributed by atoms with Gasteiger partial charge in [0.15, 0.2) is 5.58 Å². The summed E-state index contributed by atoms with van der Waals surface area (Å²) in [6.45, 7) is 0. The summed E-state index contributed by atoms with van der Waals surface area (Å²) in [6.07, 6.45) is 2.62. The Morgan fingerprint density at radius 1 is 1.14 bits per heavy atom. The van der Waals surface area contributed by atoms with Crippen LogP contribution in [-0.2, 0) is 0 Å². The van der Waals surface area contributed by atoms with Crippen molar-refractivity contribution < 1.29 is 9.21 Å². The number of hydrogen-bond donors (Lipinski definition) is 0. The highest BCUT2D eigenvalue weighted by Crippen LogP contribution is 2.10. The summed E-state index contributed by atoms with van der Waals surface area (Å²) in [5.41, 5.74) is -0.557. The van der Waals surface area contributed by atoms with E-state index in [0.29, 0.717) is 9.59 Å². The first-order valence-corrected chi connectivity index (χ1v) is 6.26. The van der Waals surface area contributed by atoms with Crippen molar-refractivity contribution in [1.82, 2.24) is 9.55 Å². The van der Waals surface area contributed by atoms with E-state index < -0.39 is 17.2 Å². The lowest BCUT2D eigenvalue weighted by atomic mass is 10.2. The van der Waals surface area contributed by atoms with Crippen molar-refractivity contribution in [3.05, 3.63) is 74.2 Å². The number of carbonyl (C=O) groups excluding carboxylic acids is 1. The van der Waals surface area contributed by atoms with Crippen LogP contribution in [0.4, 0.5) is 0 Å². The lowest BCUT2D eigenvalue weighted by molar-refractivity contribution is 0.0943. The zero-order chi connectivity index (χ0) is 15.0. The molecule has 3 rings (SSSR count). The Bertz CT molecular complexity index is 957. The third kappa shape index (κ3) is 2.25. The molecule has 2 heterocycles. The van der Waals surface area contributed by atoms with Gasteiger partial charge in [-0.3, -0.25) is 14.6 Å². The fraction of sp³-hybridized carbons (Fsp3) is 0. The van der Waals surface area contributed by atoms with Gasteiger partial charge in [-0.25, -0.2) is 4.79 Å². The average molecular weight is 303 g/mol. The first-order chi connectivity index (χ1) is 10.1. The molecule has 0 aliphatic carbocycles. The van der Waals surface area contributed by atoms with Gasteiger partial charge < -0.3 is 4.42 Å². The lowest BCUT2D eigenvalue weighted by Crippen LogP contribution is -2.38. The highest BCUT2D eigenvalue weighted by Gasteiger charge is 2.17. The molecule has 0 atom stereocenters. The Balaban J connectivity index is 2.25. The van der Waals surface area contributed by atoms with E-state index in [0.717, 1.165) is 0 Å². The molecule has 7 heteroatoms. The van der Waals surface area contributed by atoms with Crippen LogP contribution >= 0.6 is 11.6 Å². The van der Waals surface area contributed by atoms with Crippen LogP contribution in [-0.4, -0.2) is 15.5 Å². The Morgan fingerprint density at radius 3 is 2.57 bits per heavy atom. The van der Waals surface area contributed by atoms with Crippen LogP contribution in [0.3, 0.4) is 0 Å². The van der Waals surface area contributed by atoms with Gasteiger partial charge in [-0.2, -0.15) is 4.57 Å². The van der Waals surface area contributed by atoms with Crippen LogP contribution in [0, 0.1) is 0 Å². The molecule has 0 aliphatic heterocycles. The highest BCUT2D eigenvalue weighted by atomic mass is 35.5. The molecule has 0 saturated heterocycles. The molecule has 0 N–H and O–H groups in total. The second kappa shape index (κ2) is 4.99. The SMILES string of the molecule is O=C(c1ccc(Cl)cc1)n1c(=O)oc2cnccc2c1=O. The van der Waals surface area contributed by atoms with Gasteiger partial charge >= 0.3 is 5.76 Å². The maximum absolute atomic E-state index is 12.3. The Labute approximate surface area is 122 Å². The summed E-state index contributed by atoms with van der Waals surface area (Å²) in [7, 11) is 0. The highest BCUT2D eigenvalue weighted by molar-refractivity contribution is 6.30. The smallest absolute Gasteiger partial charge is 0.407 e. The predicted molar refractivity (Wildman–Crippen MR) is 75.7 cm³/mol. The zero-order valence-electron chi connectivity index (χ0n) is 10.4. The molecule has 0 bridgehead atoms. The van der Waals surface area contributed by atoms with E-state index in [4.69, 9.17) is 16.0 Å².